The molecular formula is C55H78N6O22. The van der Waals surface area contributed by atoms with Crippen LogP contribution in [-0.4, -0.2) is 239 Å². The minimum atomic E-state index is -1.04. The number of fused-ring (bicyclic) bond motifs is 2. The molecule has 0 spiro atoms. The fourth-order valence-corrected chi connectivity index (χ4v) is 8.22. The Bertz CT molecular complexity index is 2460. The van der Waals surface area contributed by atoms with Gasteiger partial charge < -0.3 is 72.6 Å². The van der Waals surface area contributed by atoms with Gasteiger partial charge in [0.2, 0.25) is 23.6 Å². The quantitative estimate of drug-likeness (QED) is 0.0525. The molecule has 5 N–H and O–H groups in total. The lowest BCUT2D eigenvalue weighted by Crippen LogP contribution is -2.54. The van der Waals surface area contributed by atoms with Crippen LogP contribution in [0.25, 0.3) is 0 Å². The molecule has 2 aromatic carbocycles. The highest BCUT2D eigenvalue weighted by atomic mass is 16.6. The second kappa shape index (κ2) is 36.9. The molecule has 2 saturated heterocycles. The Kier molecular flexibility index (Phi) is 29.9. The van der Waals surface area contributed by atoms with Crippen LogP contribution >= 0.6 is 0 Å². The number of rotatable bonds is 39. The molecule has 28 heteroatoms. The van der Waals surface area contributed by atoms with E-state index in [1.54, 1.807) is 45.0 Å². The molecule has 4 aliphatic heterocycles. The molecule has 2 aromatic rings. The van der Waals surface area contributed by atoms with E-state index in [4.69, 9.17) is 67.3 Å². The fourth-order valence-electron chi connectivity index (χ4n) is 8.22. The number of carbonyl (C=O) groups excluding carboxylic acids is 9. The number of carbonyl (C=O) groups is 9. The van der Waals surface area contributed by atoms with Crippen LogP contribution in [0, 0.1) is 0 Å². The van der Waals surface area contributed by atoms with Crippen LogP contribution in [0.3, 0.4) is 0 Å². The molecular weight excluding hydrogens is 1100 g/mol. The smallest absolute Gasteiger partial charge is 0.407 e. The highest BCUT2D eigenvalue weighted by molar-refractivity contribution is 6.25. The zero-order valence-corrected chi connectivity index (χ0v) is 47.4. The summed E-state index contributed by atoms with van der Waals surface area (Å²) in [5, 5.41) is 6.96. The Labute approximate surface area is 481 Å². The molecule has 2 atom stereocenters. The lowest BCUT2D eigenvalue weighted by atomic mass is 10.0. The van der Waals surface area contributed by atoms with Crippen LogP contribution in [0.2, 0.25) is 0 Å². The van der Waals surface area contributed by atoms with Crippen molar-refractivity contribution >= 4 is 53.4 Å². The monoisotopic (exact) mass is 1170 g/mol. The Morgan fingerprint density at radius 1 is 0.482 bits per heavy atom. The number of ether oxygens (including phenoxy) is 13. The number of piperidine rings is 2. The van der Waals surface area contributed by atoms with Crippen molar-refractivity contribution in [2.45, 2.75) is 64.1 Å². The van der Waals surface area contributed by atoms with Gasteiger partial charge in [-0.05, 0) is 57.9 Å². The maximum absolute atomic E-state index is 13.1. The Balaban J connectivity index is 0.000000308. The van der Waals surface area contributed by atoms with Gasteiger partial charge >= 0.3 is 6.09 Å². The highest BCUT2D eigenvalue weighted by Gasteiger charge is 2.47. The molecule has 2 fully saturated rings. The number of imide groups is 4. The molecule has 83 heavy (non-hydrogen) atoms. The average Bonchev–Trinajstić information content (AvgIpc) is 2.09. The second-order valence-corrected chi connectivity index (χ2v) is 19.3. The molecule has 4 heterocycles. The number of nitrogens with one attached hydrogen (secondary N) is 3. The average molecular weight is 1180 g/mol. The number of nitrogens with zero attached hydrogens (tertiary/aromatic N) is 2. The molecule has 2 unspecified atom stereocenters. The molecule has 0 radical (unpaired) electrons. The van der Waals surface area contributed by atoms with Crippen molar-refractivity contribution in [2.75, 3.05) is 158 Å². The van der Waals surface area contributed by atoms with E-state index in [0.29, 0.717) is 132 Å². The van der Waals surface area contributed by atoms with Crippen molar-refractivity contribution in [1.82, 2.24) is 25.8 Å². The molecule has 460 valence electrons. The van der Waals surface area contributed by atoms with Gasteiger partial charge in [0.15, 0.2) is 0 Å². The number of benzene rings is 2. The molecule has 0 aromatic heterocycles. The minimum Gasteiger partial charge on any atom is -0.490 e. The summed E-state index contributed by atoms with van der Waals surface area (Å²) in [7, 11) is 0. The van der Waals surface area contributed by atoms with Crippen LogP contribution in [0.4, 0.5) is 4.79 Å². The van der Waals surface area contributed by atoms with Gasteiger partial charge in [-0.3, -0.25) is 58.8 Å². The van der Waals surface area contributed by atoms with Crippen molar-refractivity contribution < 1.29 is 105 Å². The molecule has 0 bridgehead atoms. The largest absolute Gasteiger partial charge is 0.490 e. The Hall–Kier alpha value is -6.57. The standard InChI is InChI=1S/C30H43N3O12.C25H35N3O10/c1-30(2,3)45-29(38)31-9-10-39-11-12-40-13-14-41-15-16-42-17-18-43-19-20-44-23-6-4-5-21-25(23)28(37)33(27(21)36)22-7-8-24(34)32-26(22)35;26-6-7-33-8-9-34-10-11-35-12-13-36-14-15-37-16-17-38-20-3-1-2-18-22(20)25(32)28(24(18)31)19-4-5-21(29)27-23(19)30/h4-6,22H,7-20H2,1-3H3,(H,31,38)(H,32,34,35);1-3,19H,4-17,26H2,(H,27,29,30). The van der Waals surface area contributed by atoms with Gasteiger partial charge in [0.25, 0.3) is 23.6 Å². The zero-order chi connectivity index (χ0) is 59.8. The van der Waals surface area contributed by atoms with Gasteiger partial charge in [-0.1, -0.05) is 12.1 Å². The normalized spacial score (nSPS) is 16.8. The van der Waals surface area contributed by atoms with E-state index in [2.05, 4.69) is 16.0 Å². The van der Waals surface area contributed by atoms with E-state index < -0.39 is 71.0 Å². The van der Waals surface area contributed by atoms with Crippen molar-refractivity contribution in [3.8, 4) is 11.5 Å². The number of hydrogen-bond donors (Lipinski definition) is 4. The predicted octanol–water partition coefficient (Wildman–Crippen LogP) is 0.583. The minimum absolute atomic E-state index is 0.0493. The predicted molar refractivity (Wildman–Crippen MR) is 289 cm³/mol. The van der Waals surface area contributed by atoms with Crippen molar-refractivity contribution in [2.24, 2.45) is 5.73 Å². The SMILES string of the molecule is CC(C)(C)OC(=O)NCCOCCOCCOCCOCCOCCOc1cccc2c1C(=O)N(C1CCC(=O)NC1=O)C2=O.NCCOCCOCCOCCOCCOCCOc1cccc2c1C(=O)N(C1CCC(=O)NC1=O)C2=O. The Morgan fingerprint density at radius 3 is 1.13 bits per heavy atom. The van der Waals surface area contributed by atoms with Gasteiger partial charge in [0, 0.05) is 25.9 Å². The first-order chi connectivity index (χ1) is 40.1. The fraction of sp³-hybridized carbons (Fsp3) is 0.618. The van der Waals surface area contributed by atoms with Gasteiger partial charge in [-0.2, -0.15) is 0 Å². The van der Waals surface area contributed by atoms with Gasteiger partial charge in [-0.15, -0.1) is 0 Å². The van der Waals surface area contributed by atoms with Crippen LogP contribution in [-0.2, 0) is 71.3 Å². The molecule has 0 aliphatic carbocycles. The zero-order valence-electron chi connectivity index (χ0n) is 47.4. The highest BCUT2D eigenvalue weighted by Crippen LogP contribution is 2.35. The van der Waals surface area contributed by atoms with Crippen LogP contribution in [0.15, 0.2) is 36.4 Å². The molecule has 4 aliphatic rings. The third kappa shape index (κ3) is 22.8. The first-order valence-corrected chi connectivity index (χ1v) is 27.5. The van der Waals surface area contributed by atoms with E-state index in [-0.39, 0.29) is 85.9 Å². The van der Waals surface area contributed by atoms with E-state index in [9.17, 15) is 43.2 Å². The van der Waals surface area contributed by atoms with Gasteiger partial charge in [-0.25, -0.2) is 4.79 Å². The second-order valence-electron chi connectivity index (χ2n) is 19.3. The maximum atomic E-state index is 13.1. The van der Waals surface area contributed by atoms with E-state index in [1.165, 1.54) is 12.1 Å². The summed E-state index contributed by atoms with van der Waals surface area (Å²) in [6, 6.07) is 7.32. The molecule has 9 amide bonds. The summed E-state index contributed by atoms with van der Waals surface area (Å²) >= 11 is 0. The summed E-state index contributed by atoms with van der Waals surface area (Å²) in [4.78, 5) is 112. The summed E-state index contributed by atoms with van der Waals surface area (Å²) in [5.41, 5.74) is 5.30. The van der Waals surface area contributed by atoms with E-state index >= 15 is 0 Å². The van der Waals surface area contributed by atoms with Crippen LogP contribution < -0.4 is 31.2 Å². The maximum Gasteiger partial charge on any atom is 0.407 e. The summed E-state index contributed by atoms with van der Waals surface area (Å²) in [6.45, 7) is 14.6. The molecule has 28 nitrogen and oxygen atoms in total. The summed E-state index contributed by atoms with van der Waals surface area (Å²) in [6.07, 6.45) is -0.194. The summed E-state index contributed by atoms with van der Waals surface area (Å²) < 4.78 is 70.6. The van der Waals surface area contributed by atoms with Crippen molar-refractivity contribution in [3.05, 3.63) is 58.7 Å². The number of amides is 9. The van der Waals surface area contributed by atoms with E-state index in [1.807, 2.05) is 0 Å². The topological polar surface area (TPSA) is 342 Å². The lowest BCUT2D eigenvalue weighted by Gasteiger charge is -2.27. The number of alkyl carbamates (subject to hydrolysis) is 1. The summed E-state index contributed by atoms with van der Waals surface area (Å²) in [5.74, 6) is -4.13. The number of nitrogens with two attached hydrogens (primary N) is 1. The Morgan fingerprint density at radius 2 is 0.807 bits per heavy atom. The third-order valence-corrected chi connectivity index (χ3v) is 12.0. The van der Waals surface area contributed by atoms with Crippen molar-refractivity contribution in [1.29, 1.82) is 0 Å². The lowest BCUT2D eigenvalue weighted by molar-refractivity contribution is -0.137. The van der Waals surface area contributed by atoms with Crippen LogP contribution in [0.5, 0.6) is 11.5 Å². The number of hydrogen-bond acceptors (Lipinski definition) is 23. The van der Waals surface area contributed by atoms with Crippen LogP contribution in [0.1, 0.15) is 87.9 Å². The van der Waals surface area contributed by atoms with Crippen molar-refractivity contribution in [3.63, 3.8) is 0 Å². The molecule has 0 saturated carbocycles. The first-order valence-electron chi connectivity index (χ1n) is 27.5. The van der Waals surface area contributed by atoms with Gasteiger partial charge in [0.1, 0.15) is 42.4 Å². The first kappa shape index (κ1) is 67.2. The molecule has 6 rings (SSSR count). The van der Waals surface area contributed by atoms with E-state index in [0.717, 1.165) is 9.80 Å². The van der Waals surface area contributed by atoms with Gasteiger partial charge in [0.05, 0.1) is 154 Å². The third-order valence-electron chi connectivity index (χ3n) is 12.0.